The third kappa shape index (κ3) is 3.20. The third-order valence-electron chi connectivity index (χ3n) is 3.55. The molecule has 2 aromatic heterocycles. The van der Waals surface area contributed by atoms with Gasteiger partial charge in [0, 0.05) is 11.3 Å². The molecule has 0 saturated heterocycles. The average Bonchev–Trinajstić information content (AvgIpc) is 3.15. The lowest BCUT2D eigenvalue weighted by Crippen LogP contribution is -2.27. The van der Waals surface area contributed by atoms with E-state index < -0.39 is 0 Å². The fourth-order valence-corrected chi connectivity index (χ4v) is 3.16. The van der Waals surface area contributed by atoms with Gasteiger partial charge in [-0.2, -0.15) is 0 Å². The second-order valence-corrected chi connectivity index (χ2v) is 6.24. The molecule has 0 fully saturated rings. The Balaban J connectivity index is 1.76. The van der Waals surface area contributed by atoms with Crippen molar-refractivity contribution in [3.05, 3.63) is 52.5 Å². The number of amides is 1. The topological polar surface area (TPSA) is 46.9 Å². The SMILES string of the molecule is CCCc1nc2ccccc2n1CC(=O)NCc1cccs1. The van der Waals surface area contributed by atoms with Crippen LogP contribution in [0.5, 0.6) is 0 Å². The molecule has 1 aromatic carbocycles. The molecule has 22 heavy (non-hydrogen) atoms. The van der Waals surface area contributed by atoms with Crippen molar-refractivity contribution in [3.63, 3.8) is 0 Å². The van der Waals surface area contributed by atoms with Gasteiger partial charge in [-0.3, -0.25) is 4.79 Å². The standard InChI is InChI=1S/C17H19N3OS/c1-2-6-16-19-14-8-3-4-9-15(14)20(16)12-17(21)18-11-13-7-5-10-22-13/h3-5,7-10H,2,6,11-12H2,1H3,(H,18,21). The molecule has 0 atom stereocenters. The number of aryl methyl sites for hydroxylation is 1. The van der Waals surface area contributed by atoms with Crippen LogP contribution >= 0.6 is 11.3 Å². The second kappa shape index (κ2) is 6.75. The van der Waals surface area contributed by atoms with Crippen molar-refractivity contribution < 1.29 is 4.79 Å². The first-order chi connectivity index (χ1) is 10.8. The minimum Gasteiger partial charge on any atom is -0.350 e. The van der Waals surface area contributed by atoms with Crippen LogP contribution in [0.4, 0.5) is 0 Å². The van der Waals surface area contributed by atoms with E-state index in [0.717, 1.165) is 34.6 Å². The van der Waals surface area contributed by atoms with Crippen molar-refractivity contribution in [3.8, 4) is 0 Å². The molecule has 0 unspecified atom stereocenters. The Morgan fingerprint density at radius 1 is 1.27 bits per heavy atom. The van der Waals surface area contributed by atoms with Gasteiger partial charge in [0.1, 0.15) is 12.4 Å². The molecule has 0 aliphatic heterocycles. The molecule has 1 amide bonds. The molecule has 4 nitrogen and oxygen atoms in total. The van der Waals surface area contributed by atoms with Crippen LogP contribution in [0, 0.1) is 0 Å². The molecule has 0 aliphatic carbocycles. The third-order valence-corrected chi connectivity index (χ3v) is 4.43. The summed E-state index contributed by atoms with van der Waals surface area (Å²) in [7, 11) is 0. The Kier molecular flexibility index (Phi) is 4.53. The first-order valence-electron chi connectivity index (χ1n) is 7.51. The average molecular weight is 313 g/mol. The van der Waals surface area contributed by atoms with E-state index in [2.05, 4.69) is 17.2 Å². The Labute approximate surface area is 133 Å². The number of fused-ring (bicyclic) bond motifs is 1. The molecule has 0 bridgehead atoms. The number of para-hydroxylation sites is 2. The van der Waals surface area contributed by atoms with Crippen molar-refractivity contribution >= 4 is 28.3 Å². The van der Waals surface area contributed by atoms with Crippen molar-refractivity contribution in [2.45, 2.75) is 32.9 Å². The molecule has 0 radical (unpaired) electrons. The van der Waals surface area contributed by atoms with Gasteiger partial charge >= 0.3 is 0 Å². The van der Waals surface area contributed by atoms with E-state index in [-0.39, 0.29) is 5.91 Å². The van der Waals surface area contributed by atoms with Crippen molar-refractivity contribution in [1.82, 2.24) is 14.9 Å². The van der Waals surface area contributed by atoms with Crippen LogP contribution in [-0.2, 0) is 24.3 Å². The molecular formula is C17H19N3OS. The van der Waals surface area contributed by atoms with Crippen LogP contribution in [0.25, 0.3) is 11.0 Å². The van der Waals surface area contributed by atoms with Gasteiger partial charge < -0.3 is 9.88 Å². The maximum Gasteiger partial charge on any atom is 0.240 e. The number of rotatable bonds is 6. The predicted molar refractivity (Wildman–Crippen MR) is 89.9 cm³/mol. The molecule has 114 valence electrons. The van der Waals surface area contributed by atoms with Crippen molar-refractivity contribution in [2.24, 2.45) is 0 Å². The minimum atomic E-state index is 0.0221. The highest BCUT2D eigenvalue weighted by atomic mass is 32.1. The molecular weight excluding hydrogens is 294 g/mol. The lowest BCUT2D eigenvalue weighted by Gasteiger charge is -2.09. The number of thiophene rings is 1. The zero-order valence-corrected chi connectivity index (χ0v) is 13.4. The normalized spacial score (nSPS) is 11.0. The lowest BCUT2D eigenvalue weighted by atomic mass is 10.3. The predicted octanol–water partition coefficient (Wildman–Crippen LogP) is 3.37. The number of hydrogen-bond acceptors (Lipinski definition) is 3. The Hall–Kier alpha value is -2.14. The smallest absolute Gasteiger partial charge is 0.240 e. The summed E-state index contributed by atoms with van der Waals surface area (Å²) in [5, 5.41) is 5.00. The summed E-state index contributed by atoms with van der Waals surface area (Å²) in [5.74, 6) is 1.00. The summed E-state index contributed by atoms with van der Waals surface area (Å²) >= 11 is 1.65. The van der Waals surface area contributed by atoms with Crippen LogP contribution in [0.15, 0.2) is 41.8 Å². The van der Waals surface area contributed by atoms with Crippen LogP contribution < -0.4 is 5.32 Å². The number of nitrogens with zero attached hydrogens (tertiary/aromatic N) is 2. The molecule has 5 heteroatoms. The summed E-state index contributed by atoms with van der Waals surface area (Å²) in [4.78, 5) is 18.1. The van der Waals surface area contributed by atoms with Gasteiger partial charge in [0.2, 0.25) is 5.91 Å². The zero-order chi connectivity index (χ0) is 15.4. The van der Waals surface area contributed by atoms with Crippen LogP contribution in [0.3, 0.4) is 0 Å². The summed E-state index contributed by atoms with van der Waals surface area (Å²) in [6.07, 6.45) is 1.90. The molecule has 0 saturated carbocycles. The molecule has 0 spiro atoms. The van der Waals surface area contributed by atoms with Crippen LogP contribution in [0.2, 0.25) is 0 Å². The van der Waals surface area contributed by atoms with Crippen LogP contribution in [-0.4, -0.2) is 15.5 Å². The largest absolute Gasteiger partial charge is 0.350 e. The number of benzene rings is 1. The Bertz CT molecular complexity index is 761. The van der Waals surface area contributed by atoms with Gasteiger partial charge in [0.15, 0.2) is 0 Å². The summed E-state index contributed by atoms with van der Waals surface area (Å²) in [6.45, 7) is 3.04. The van der Waals surface area contributed by atoms with Gasteiger partial charge in [0.25, 0.3) is 0 Å². The zero-order valence-electron chi connectivity index (χ0n) is 12.6. The minimum absolute atomic E-state index is 0.0221. The maximum absolute atomic E-state index is 12.3. The number of carbonyl (C=O) groups is 1. The molecule has 1 N–H and O–H groups in total. The molecule has 3 rings (SSSR count). The highest BCUT2D eigenvalue weighted by Crippen LogP contribution is 2.17. The van der Waals surface area contributed by atoms with E-state index >= 15 is 0 Å². The lowest BCUT2D eigenvalue weighted by molar-refractivity contribution is -0.121. The van der Waals surface area contributed by atoms with Crippen molar-refractivity contribution in [2.75, 3.05) is 0 Å². The number of aromatic nitrogens is 2. The van der Waals surface area contributed by atoms with E-state index in [9.17, 15) is 4.79 Å². The highest BCUT2D eigenvalue weighted by molar-refractivity contribution is 7.09. The second-order valence-electron chi connectivity index (χ2n) is 5.21. The summed E-state index contributed by atoms with van der Waals surface area (Å²) in [6, 6.07) is 12.0. The quantitative estimate of drug-likeness (QED) is 0.758. The number of carbonyl (C=O) groups excluding carboxylic acids is 1. The van der Waals surface area contributed by atoms with E-state index in [1.807, 2.05) is 46.3 Å². The van der Waals surface area contributed by atoms with Gasteiger partial charge in [0.05, 0.1) is 17.6 Å². The summed E-state index contributed by atoms with van der Waals surface area (Å²) in [5.41, 5.74) is 1.98. The first kappa shape index (κ1) is 14.8. The van der Waals surface area contributed by atoms with Crippen LogP contribution in [0.1, 0.15) is 24.0 Å². The van der Waals surface area contributed by atoms with Gasteiger partial charge in [-0.25, -0.2) is 4.98 Å². The fraction of sp³-hybridized carbons (Fsp3) is 0.294. The Morgan fingerprint density at radius 2 is 2.14 bits per heavy atom. The van der Waals surface area contributed by atoms with E-state index in [0.29, 0.717) is 13.1 Å². The fourth-order valence-electron chi connectivity index (χ4n) is 2.51. The molecule has 3 aromatic rings. The van der Waals surface area contributed by atoms with Gasteiger partial charge in [-0.1, -0.05) is 25.1 Å². The van der Waals surface area contributed by atoms with E-state index in [4.69, 9.17) is 0 Å². The monoisotopic (exact) mass is 313 g/mol. The van der Waals surface area contributed by atoms with E-state index in [1.165, 1.54) is 0 Å². The molecule has 0 aliphatic rings. The van der Waals surface area contributed by atoms with Gasteiger partial charge in [-0.15, -0.1) is 11.3 Å². The number of nitrogens with one attached hydrogen (secondary N) is 1. The highest BCUT2D eigenvalue weighted by Gasteiger charge is 2.12. The maximum atomic E-state index is 12.3. The Morgan fingerprint density at radius 3 is 2.91 bits per heavy atom. The molecule has 2 heterocycles. The number of imidazole rings is 1. The van der Waals surface area contributed by atoms with E-state index in [1.54, 1.807) is 11.3 Å². The van der Waals surface area contributed by atoms with Crippen molar-refractivity contribution in [1.29, 1.82) is 0 Å². The van der Waals surface area contributed by atoms with Gasteiger partial charge in [-0.05, 0) is 30.0 Å². The number of hydrogen-bond donors (Lipinski definition) is 1. The first-order valence-corrected chi connectivity index (χ1v) is 8.39. The summed E-state index contributed by atoms with van der Waals surface area (Å²) < 4.78 is 2.03.